The molecule has 0 bridgehead atoms. The molecular formula is C19H17N5OS. The van der Waals surface area contributed by atoms with E-state index in [2.05, 4.69) is 15.2 Å². The van der Waals surface area contributed by atoms with Crippen LogP contribution in [0, 0.1) is 20.8 Å². The van der Waals surface area contributed by atoms with E-state index in [1.54, 1.807) is 19.2 Å². The number of thiophene rings is 1. The lowest BCUT2D eigenvalue weighted by molar-refractivity contribution is 0.772. The zero-order valence-electron chi connectivity index (χ0n) is 14.7. The van der Waals surface area contributed by atoms with Gasteiger partial charge in [0.1, 0.15) is 10.7 Å². The van der Waals surface area contributed by atoms with Crippen molar-refractivity contribution in [3.05, 3.63) is 74.9 Å². The van der Waals surface area contributed by atoms with E-state index < -0.39 is 0 Å². The molecule has 130 valence electrons. The average molecular weight is 363 g/mol. The Morgan fingerprint density at radius 1 is 1.12 bits per heavy atom. The van der Waals surface area contributed by atoms with Crippen molar-refractivity contribution >= 4 is 27.8 Å². The third kappa shape index (κ3) is 2.66. The normalized spacial score (nSPS) is 11.7. The van der Waals surface area contributed by atoms with E-state index in [1.807, 2.05) is 54.2 Å². The summed E-state index contributed by atoms with van der Waals surface area (Å²) in [7, 11) is 0. The van der Waals surface area contributed by atoms with Gasteiger partial charge < -0.3 is 0 Å². The van der Waals surface area contributed by atoms with Crippen molar-refractivity contribution < 1.29 is 0 Å². The van der Waals surface area contributed by atoms with Gasteiger partial charge in [0.15, 0.2) is 0 Å². The van der Waals surface area contributed by atoms with Gasteiger partial charge in [-0.3, -0.25) is 4.79 Å². The largest absolute Gasteiger partial charge is 0.282 e. The second-order valence-corrected chi connectivity index (χ2v) is 6.89. The van der Waals surface area contributed by atoms with E-state index in [-0.39, 0.29) is 5.56 Å². The minimum atomic E-state index is -0.157. The molecule has 1 aromatic carbocycles. The fraction of sp³-hybridized carbons (Fsp3) is 0.158. The van der Waals surface area contributed by atoms with E-state index in [0.717, 1.165) is 27.5 Å². The minimum absolute atomic E-state index is 0.157. The molecule has 0 radical (unpaired) electrons. The summed E-state index contributed by atoms with van der Waals surface area (Å²) in [5, 5.41) is 11.5. The number of aryl methyl sites for hydroxylation is 2. The highest BCUT2D eigenvalue weighted by Gasteiger charge is 2.12. The molecule has 0 unspecified atom stereocenters. The number of fused-ring (bicyclic) bond motifs is 1. The first kappa shape index (κ1) is 16.4. The molecule has 26 heavy (non-hydrogen) atoms. The predicted molar refractivity (Wildman–Crippen MR) is 105 cm³/mol. The highest BCUT2D eigenvalue weighted by atomic mass is 32.1. The Hall–Kier alpha value is -3.06. The van der Waals surface area contributed by atoms with Crippen LogP contribution in [-0.4, -0.2) is 25.7 Å². The number of para-hydroxylation sites is 1. The fourth-order valence-electron chi connectivity index (χ4n) is 2.92. The van der Waals surface area contributed by atoms with Crippen LogP contribution in [0.5, 0.6) is 0 Å². The highest BCUT2D eigenvalue weighted by Crippen LogP contribution is 2.17. The topological polar surface area (TPSA) is 65.1 Å². The van der Waals surface area contributed by atoms with Crippen molar-refractivity contribution in [1.29, 1.82) is 0 Å². The molecule has 6 nitrogen and oxygen atoms in total. The van der Waals surface area contributed by atoms with Crippen molar-refractivity contribution in [1.82, 2.24) is 19.4 Å². The average Bonchev–Trinajstić information content (AvgIpc) is 3.21. The van der Waals surface area contributed by atoms with Crippen LogP contribution >= 0.6 is 11.3 Å². The van der Waals surface area contributed by atoms with E-state index in [9.17, 15) is 4.79 Å². The van der Waals surface area contributed by atoms with Gasteiger partial charge in [-0.2, -0.15) is 14.9 Å². The Balaban J connectivity index is 1.79. The van der Waals surface area contributed by atoms with Crippen molar-refractivity contribution in [2.75, 3.05) is 0 Å². The molecule has 0 fully saturated rings. The summed E-state index contributed by atoms with van der Waals surface area (Å²) in [6, 6.07) is 11.7. The monoisotopic (exact) mass is 363 g/mol. The van der Waals surface area contributed by atoms with Gasteiger partial charge in [-0.25, -0.2) is 9.67 Å². The standard InChI is InChI=1S/C19H17N5OS/c1-12-17(13(2)23(22-12)15-7-5-4-6-8-15)11-20-24-14(3)21-18-16(19(24)25)9-10-26-18/h4-11H,1-3H3. The summed E-state index contributed by atoms with van der Waals surface area (Å²) < 4.78 is 3.22. The highest BCUT2D eigenvalue weighted by molar-refractivity contribution is 7.16. The molecule has 7 heteroatoms. The molecule has 0 saturated carbocycles. The van der Waals surface area contributed by atoms with Crippen LogP contribution in [0.4, 0.5) is 0 Å². The summed E-state index contributed by atoms with van der Waals surface area (Å²) in [5.74, 6) is 0.562. The van der Waals surface area contributed by atoms with Crippen LogP contribution in [0.3, 0.4) is 0 Å². The van der Waals surface area contributed by atoms with Crippen molar-refractivity contribution in [3.8, 4) is 5.69 Å². The van der Waals surface area contributed by atoms with Gasteiger partial charge in [-0.05, 0) is 44.4 Å². The van der Waals surface area contributed by atoms with Gasteiger partial charge in [0.05, 0.1) is 28.7 Å². The van der Waals surface area contributed by atoms with Gasteiger partial charge in [0.25, 0.3) is 5.56 Å². The molecule has 0 aliphatic rings. The molecule has 4 aromatic rings. The fourth-order valence-corrected chi connectivity index (χ4v) is 3.72. The van der Waals surface area contributed by atoms with Crippen LogP contribution in [0.2, 0.25) is 0 Å². The lowest BCUT2D eigenvalue weighted by Gasteiger charge is -2.04. The molecule has 0 atom stereocenters. The van der Waals surface area contributed by atoms with E-state index in [4.69, 9.17) is 0 Å². The second kappa shape index (κ2) is 6.34. The van der Waals surface area contributed by atoms with Gasteiger partial charge in [0, 0.05) is 5.56 Å². The summed E-state index contributed by atoms with van der Waals surface area (Å²) >= 11 is 1.46. The van der Waals surface area contributed by atoms with Crippen LogP contribution in [-0.2, 0) is 0 Å². The van der Waals surface area contributed by atoms with Crippen LogP contribution in [0.25, 0.3) is 15.9 Å². The number of nitrogens with zero attached hydrogens (tertiary/aromatic N) is 5. The molecule has 0 N–H and O–H groups in total. The van der Waals surface area contributed by atoms with E-state index in [0.29, 0.717) is 11.2 Å². The van der Waals surface area contributed by atoms with Crippen molar-refractivity contribution in [2.24, 2.45) is 5.10 Å². The third-order valence-corrected chi connectivity index (χ3v) is 5.09. The molecule has 0 saturated heterocycles. The zero-order valence-corrected chi connectivity index (χ0v) is 15.5. The Kier molecular flexibility index (Phi) is 4.00. The maximum absolute atomic E-state index is 12.6. The van der Waals surface area contributed by atoms with Crippen molar-refractivity contribution in [2.45, 2.75) is 20.8 Å². The Morgan fingerprint density at radius 2 is 1.88 bits per heavy atom. The molecule has 0 aliphatic heterocycles. The first-order valence-corrected chi connectivity index (χ1v) is 9.07. The second-order valence-electron chi connectivity index (χ2n) is 5.99. The summed E-state index contributed by atoms with van der Waals surface area (Å²) in [4.78, 5) is 17.8. The third-order valence-electron chi connectivity index (χ3n) is 4.29. The zero-order chi connectivity index (χ0) is 18.3. The van der Waals surface area contributed by atoms with Crippen molar-refractivity contribution in [3.63, 3.8) is 0 Å². The Labute approximate surface area is 154 Å². The van der Waals surface area contributed by atoms with Crippen LogP contribution in [0.1, 0.15) is 22.8 Å². The maximum Gasteiger partial charge on any atom is 0.282 e. The summed E-state index contributed by atoms with van der Waals surface area (Å²) in [6.07, 6.45) is 1.69. The molecule has 0 aliphatic carbocycles. The Morgan fingerprint density at radius 3 is 2.65 bits per heavy atom. The number of hydrogen-bond donors (Lipinski definition) is 0. The molecular weight excluding hydrogens is 346 g/mol. The molecule has 3 heterocycles. The maximum atomic E-state index is 12.6. The molecule has 4 rings (SSSR count). The van der Waals surface area contributed by atoms with Gasteiger partial charge in [0.2, 0.25) is 0 Å². The molecule has 0 amide bonds. The summed E-state index contributed by atoms with van der Waals surface area (Å²) in [5.41, 5.74) is 3.54. The Bertz CT molecular complexity index is 1180. The smallest absolute Gasteiger partial charge is 0.267 e. The number of benzene rings is 1. The molecule has 3 aromatic heterocycles. The van der Waals surface area contributed by atoms with Gasteiger partial charge in [-0.1, -0.05) is 18.2 Å². The predicted octanol–water partition coefficient (Wildman–Crippen LogP) is 3.45. The number of hydrogen-bond acceptors (Lipinski definition) is 5. The van der Waals surface area contributed by atoms with Gasteiger partial charge >= 0.3 is 0 Å². The summed E-state index contributed by atoms with van der Waals surface area (Å²) in [6.45, 7) is 5.71. The van der Waals surface area contributed by atoms with Crippen LogP contribution < -0.4 is 5.56 Å². The lowest BCUT2D eigenvalue weighted by atomic mass is 10.2. The minimum Gasteiger partial charge on any atom is -0.267 e. The number of rotatable bonds is 3. The van der Waals surface area contributed by atoms with Crippen LogP contribution in [0.15, 0.2) is 51.7 Å². The number of aromatic nitrogens is 4. The van der Waals surface area contributed by atoms with Gasteiger partial charge in [-0.15, -0.1) is 11.3 Å². The SMILES string of the molecule is Cc1nn(-c2ccccc2)c(C)c1C=Nn1c(C)nc2sccc2c1=O. The van der Waals surface area contributed by atoms with E-state index in [1.165, 1.54) is 16.0 Å². The first-order valence-electron chi connectivity index (χ1n) is 8.19. The quantitative estimate of drug-likeness (QED) is 0.524. The molecule has 0 spiro atoms. The first-order chi connectivity index (χ1) is 12.6. The van der Waals surface area contributed by atoms with E-state index >= 15 is 0 Å². The lowest BCUT2D eigenvalue weighted by Crippen LogP contribution is -2.19.